The van der Waals surface area contributed by atoms with Gasteiger partial charge in [0.05, 0.1) is 12.1 Å². The quantitative estimate of drug-likeness (QED) is 0.882. The number of para-hydroxylation sites is 1. The smallest absolute Gasteiger partial charge is 0.212 e. The van der Waals surface area contributed by atoms with Crippen LogP contribution in [0.4, 0.5) is 0 Å². The van der Waals surface area contributed by atoms with Gasteiger partial charge in [-0.3, -0.25) is 0 Å². The van der Waals surface area contributed by atoms with Gasteiger partial charge < -0.3 is 10.1 Å². The predicted molar refractivity (Wildman–Crippen MR) is 76.6 cm³/mol. The van der Waals surface area contributed by atoms with Gasteiger partial charge in [0.25, 0.3) is 0 Å². The Balaban J connectivity index is 2.08. The second-order valence-electron chi connectivity index (χ2n) is 4.75. The van der Waals surface area contributed by atoms with E-state index in [2.05, 4.69) is 34.6 Å². The van der Waals surface area contributed by atoms with Gasteiger partial charge in [-0.05, 0) is 11.3 Å². The molecule has 0 amide bonds. The molecule has 20 heavy (non-hydrogen) atoms. The molecule has 2 rings (SSSR count). The van der Waals surface area contributed by atoms with Crippen LogP contribution in [0.1, 0.15) is 25.2 Å². The second-order valence-corrected chi connectivity index (χ2v) is 5.15. The molecule has 0 saturated carbocycles. The number of benzene rings is 1. The average Bonchev–Trinajstić information content (AvgIpc) is 2.81. The van der Waals surface area contributed by atoms with Crippen LogP contribution >= 0.6 is 11.6 Å². The summed E-state index contributed by atoms with van der Waals surface area (Å²) in [4.78, 5) is 1.40. The first-order valence-electron chi connectivity index (χ1n) is 6.42. The van der Waals surface area contributed by atoms with Crippen LogP contribution in [-0.4, -0.2) is 26.2 Å². The fourth-order valence-corrected chi connectivity index (χ4v) is 1.93. The van der Waals surface area contributed by atoms with Gasteiger partial charge in [-0.1, -0.05) is 37.6 Å². The lowest BCUT2D eigenvalue weighted by Gasteiger charge is -2.14. The fraction of sp³-hybridized carbons (Fsp3) is 0.462. The minimum Gasteiger partial charge on any atom is -0.484 e. The molecule has 0 unspecified atom stereocenters. The summed E-state index contributed by atoms with van der Waals surface area (Å²) in [6.07, 6.45) is 0. The van der Waals surface area contributed by atoms with Crippen molar-refractivity contribution in [2.75, 3.05) is 0 Å². The summed E-state index contributed by atoms with van der Waals surface area (Å²) >= 11 is 6.20. The Labute approximate surface area is 123 Å². The maximum atomic E-state index is 6.20. The number of nitrogens with zero attached hydrogens (tertiary/aromatic N) is 4. The number of aromatic nitrogens is 4. The van der Waals surface area contributed by atoms with E-state index in [0.29, 0.717) is 29.2 Å². The Kier molecular flexibility index (Phi) is 4.92. The molecule has 7 heteroatoms. The Morgan fingerprint density at radius 3 is 2.85 bits per heavy atom. The highest BCUT2D eigenvalue weighted by molar-refractivity contribution is 6.32. The minimum absolute atomic E-state index is 0.242. The number of ether oxygens (including phenoxy) is 1. The van der Waals surface area contributed by atoms with Crippen molar-refractivity contribution in [2.24, 2.45) is 7.05 Å². The number of rotatable bonds is 6. The molecule has 1 heterocycles. The van der Waals surface area contributed by atoms with Crippen LogP contribution in [0.5, 0.6) is 5.75 Å². The van der Waals surface area contributed by atoms with Crippen LogP contribution in [0, 0.1) is 0 Å². The lowest BCUT2D eigenvalue weighted by molar-refractivity contribution is 0.291. The highest BCUT2D eigenvalue weighted by Gasteiger charge is 2.10. The van der Waals surface area contributed by atoms with Gasteiger partial charge >= 0.3 is 0 Å². The lowest BCUT2D eigenvalue weighted by Crippen LogP contribution is -2.22. The van der Waals surface area contributed by atoms with Crippen molar-refractivity contribution in [2.45, 2.75) is 33.0 Å². The standard InChI is InChI=1S/C13H18ClN5O/c1-9(2)15-7-10-5-4-6-11(14)13(10)20-8-12-16-18-19(3)17-12/h4-6,9,15H,7-8H2,1-3H3. The number of aryl methyl sites for hydroxylation is 1. The van der Waals surface area contributed by atoms with Crippen molar-refractivity contribution < 1.29 is 4.74 Å². The third kappa shape index (κ3) is 3.91. The van der Waals surface area contributed by atoms with E-state index in [1.165, 1.54) is 4.80 Å². The van der Waals surface area contributed by atoms with E-state index in [9.17, 15) is 0 Å². The van der Waals surface area contributed by atoms with Gasteiger partial charge in [0, 0.05) is 18.2 Å². The SMILES string of the molecule is CC(C)NCc1cccc(Cl)c1OCc1nnn(C)n1. The summed E-state index contributed by atoms with van der Waals surface area (Å²) in [5.41, 5.74) is 1.01. The van der Waals surface area contributed by atoms with Gasteiger partial charge in [0.1, 0.15) is 5.75 Å². The zero-order valence-corrected chi connectivity index (χ0v) is 12.6. The summed E-state index contributed by atoms with van der Waals surface area (Å²) < 4.78 is 5.75. The molecule has 0 aliphatic carbocycles. The fourth-order valence-electron chi connectivity index (χ4n) is 1.69. The van der Waals surface area contributed by atoms with Crippen LogP contribution in [0.25, 0.3) is 0 Å². The summed E-state index contributed by atoms with van der Waals surface area (Å²) in [5, 5.41) is 15.6. The molecule has 1 N–H and O–H groups in total. The van der Waals surface area contributed by atoms with Crippen molar-refractivity contribution >= 4 is 11.6 Å². The van der Waals surface area contributed by atoms with Crippen LogP contribution in [-0.2, 0) is 20.2 Å². The lowest BCUT2D eigenvalue weighted by atomic mass is 10.2. The number of hydrogen-bond donors (Lipinski definition) is 1. The van der Waals surface area contributed by atoms with Gasteiger partial charge in [-0.15, -0.1) is 10.2 Å². The van der Waals surface area contributed by atoms with Crippen molar-refractivity contribution in [3.63, 3.8) is 0 Å². The highest BCUT2D eigenvalue weighted by Crippen LogP contribution is 2.29. The molecule has 0 radical (unpaired) electrons. The molecule has 2 aromatic rings. The molecule has 6 nitrogen and oxygen atoms in total. The van der Waals surface area contributed by atoms with Crippen LogP contribution in [0.15, 0.2) is 18.2 Å². The van der Waals surface area contributed by atoms with Gasteiger partial charge in [0.2, 0.25) is 5.82 Å². The molecule has 0 bridgehead atoms. The molecule has 0 aliphatic rings. The molecular weight excluding hydrogens is 278 g/mol. The van der Waals surface area contributed by atoms with E-state index in [0.717, 1.165) is 5.56 Å². The molecule has 1 aromatic carbocycles. The Morgan fingerprint density at radius 1 is 1.40 bits per heavy atom. The first-order valence-corrected chi connectivity index (χ1v) is 6.80. The Morgan fingerprint density at radius 2 is 2.20 bits per heavy atom. The molecule has 0 spiro atoms. The molecule has 0 aliphatic heterocycles. The van der Waals surface area contributed by atoms with Gasteiger partial charge in [-0.25, -0.2) is 0 Å². The monoisotopic (exact) mass is 295 g/mol. The van der Waals surface area contributed by atoms with E-state index in [1.54, 1.807) is 13.1 Å². The first kappa shape index (κ1) is 14.7. The maximum absolute atomic E-state index is 6.20. The molecule has 0 atom stereocenters. The summed E-state index contributed by atoms with van der Waals surface area (Å²) in [6, 6.07) is 6.09. The van der Waals surface area contributed by atoms with Crippen molar-refractivity contribution in [1.29, 1.82) is 0 Å². The van der Waals surface area contributed by atoms with Crippen LogP contribution < -0.4 is 10.1 Å². The topological polar surface area (TPSA) is 64.9 Å². The molecule has 0 fully saturated rings. The number of tetrazole rings is 1. The third-order valence-corrected chi connectivity index (χ3v) is 2.94. The first-order chi connectivity index (χ1) is 9.56. The highest BCUT2D eigenvalue weighted by atomic mass is 35.5. The van der Waals surface area contributed by atoms with E-state index in [4.69, 9.17) is 16.3 Å². The Bertz CT molecular complexity index is 570. The number of nitrogens with one attached hydrogen (secondary N) is 1. The average molecular weight is 296 g/mol. The van der Waals surface area contributed by atoms with Crippen molar-refractivity contribution in [1.82, 2.24) is 25.5 Å². The second kappa shape index (κ2) is 6.67. The third-order valence-electron chi connectivity index (χ3n) is 2.64. The molecular formula is C13H18ClN5O. The molecule has 108 valence electrons. The van der Waals surface area contributed by atoms with Gasteiger partial charge in [-0.2, -0.15) is 4.80 Å². The summed E-state index contributed by atoms with van der Waals surface area (Å²) in [6.45, 7) is 5.12. The predicted octanol–water partition coefficient (Wildman–Crippen LogP) is 1.94. The maximum Gasteiger partial charge on any atom is 0.212 e. The molecule has 0 saturated heterocycles. The van der Waals surface area contributed by atoms with Crippen LogP contribution in [0.2, 0.25) is 5.02 Å². The Hall–Kier alpha value is -1.66. The van der Waals surface area contributed by atoms with E-state index in [-0.39, 0.29) is 6.61 Å². The van der Waals surface area contributed by atoms with Crippen molar-refractivity contribution in [3.8, 4) is 5.75 Å². The molecule has 1 aromatic heterocycles. The minimum atomic E-state index is 0.242. The zero-order valence-electron chi connectivity index (χ0n) is 11.8. The van der Waals surface area contributed by atoms with Crippen LogP contribution in [0.3, 0.4) is 0 Å². The summed E-state index contributed by atoms with van der Waals surface area (Å²) in [5.74, 6) is 1.19. The largest absolute Gasteiger partial charge is 0.484 e. The number of halogens is 1. The summed E-state index contributed by atoms with van der Waals surface area (Å²) in [7, 11) is 1.71. The number of hydrogen-bond acceptors (Lipinski definition) is 5. The normalized spacial score (nSPS) is 11.1. The van der Waals surface area contributed by atoms with Gasteiger partial charge in [0.15, 0.2) is 6.61 Å². The van der Waals surface area contributed by atoms with Crippen molar-refractivity contribution in [3.05, 3.63) is 34.6 Å². The van der Waals surface area contributed by atoms with E-state index >= 15 is 0 Å². The zero-order chi connectivity index (χ0) is 14.5. The van der Waals surface area contributed by atoms with E-state index < -0.39 is 0 Å². The van der Waals surface area contributed by atoms with E-state index in [1.807, 2.05) is 12.1 Å².